The van der Waals surface area contributed by atoms with Gasteiger partial charge < -0.3 is 15.6 Å². The number of carbonyl (C=O) groups excluding carboxylic acids is 2. The Bertz CT molecular complexity index is 1030. The number of amides is 2. The number of hydrogen-bond donors (Lipinski definition) is 2. The van der Waals surface area contributed by atoms with Gasteiger partial charge in [-0.25, -0.2) is 4.39 Å². The van der Waals surface area contributed by atoms with Crippen molar-refractivity contribution in [3.63, 3.8) is 0 Å². The third-order valence-electron chi connectivity index (χ3n) is 4.74. The Balaban J connectivity index is 2.25. The van der Waals surface area contributed by atoms with E-state index in [-0.39, 0.29) is 46.6 Å². The summed E-state index contributed by atoms with van der Waals surface area (Å²) in [6, 6.07) is 1.01. The summed E-state index contributed by atoms with van der Waals surface area (Å²) in [5.41, 5.74) is 4.38. The van der Waals surface area contributed by atoms with Crippen molar-refractivity contribution in [3.05, 3.63) is 53.0 Å². The first-order valence-electron chi connectivity index (χ1n) is 8.34. The maximum Gasteiger partial charge on any atom is 0.431 e. The second-order valence-corrected chi connectivity index (χ2v) is 6.56. The van der Waals surface area contributed by atoms with Crippen LogP contribution >= 0.6 is 0 Å². The highest BCUT2D eigenvalue weighted by molar-refractivity contribution is 6.00. The number of carbonyl (C=O) groups is 2. The number of primary amides is 1. The van der Waals surface area contributed by atoms with Gasteiger partial charge in [0, 0.05) is 24.0 Å². The van der Waals surface area contributed by atoms with Crippen molar-refractivity contribution in [2.45, 2.75) is 19.5 Å². The first-order chi connectivity index (χ1) is 13.0. The zero-order valence-electron chi connectivity index (χ0n) is 14.9. The summed E-state index contributed by atoms with van der Waals surface area (Å²) in [7, 11) is 0. The minimum atomic E-state index is -4.68. The van der Waals surface area contributed by atoms with Gasteiger partial charge in [0.25, 0.3) is 0 Å². The molecule has 0 saturated carbocycles. The van der Waals surface area contributed by atoms with Crippen molar-refractivity contribution in [1.82, 2.24) is 9.88 Å². The van der Waals surface area contributed by atoms with E-state index in [1.54, 1.807) is 6.08 Å². The molecule has 3 rings (SSSR count). The number of nitrogens with two attached hydrogens (primary N) is 1. The number of hydrogen-bond acceptors (Lipinski definition) is 2. The van der Waals surface area contributed by atoms with Crippen molar-refractivity contribution in [3.8, 4) is 0 Å². The molecule has 148 valence electrons. The molecule has 0 saturated heterocycles. The van der Waals surface area contributed by atoms with E-state index in [0.29, 0.717) is 5.57 Å². The molecule has 5 nitrogen and oxygen atoms in total. The fraction of sp³-hybridized carbons (Fsp3) is 0.263. The number of benzene rings is 1. The lowest BCUT2D eigenvalue weighted by Gasteiger charge is -2.15. The molecule has 0 spiro atoms. The Kier molecular flexibility index (Phi) is 4.78. The second kappa shape index (κ2) is 6.81. The maximum atomic E-state index is 15.0. The van der Waals surface area contributed by atoms with E-state index < -0.39 is 30.0 Å². The van der Waals surface area contributed by atoms with Crippen molar-refractivity contribution >= 4 is 28.3 Å². The van der Waals surface area contributed by atoms with E-state index in [2.05, 4.69) is 11.6 Å². The normalized spacial score (nSPS) is 14.5. The van der Waals surface area contributed by atoms with Gasteiger partial charge in [0.15, 0.2) is 0 Å². The Labute approximate surface area is 157 Å². The van der Waals surface area contributed by atoms with Crippen LogP contribution < -0.4 is 5.73 Å². The molecule has 0 radical (unpaired) electrons. The number of aryl methyl sites for hydroxylation is 1. The van der Waals surface area contributed by atoms with E-state index in [4.69, 9.17) is 5.73 Å². The van der Waals surface area contributed by atoms with Gasteiger partial charge in [-0.1, -0.05) is 12.7 Å². The Morgan fingerprint density at radius 2 is 2.07 bits per heavy atom. The largest absolute Gasteiger partial charge is 0.431 e. The summed E-state index contributed by atoms with van der Waals surface area (Å²) in [6.07, 6.45) is -2.39. The molecule has 0 aliphatic carbocycles. The number of rotatable bonds is 4. The molecule has 0 atom stereocenters. The van der Waals surface area contributed by atoms with Crippen molar-refractivity contribution in [2.75, 3.05) is 13.1 Å². The van der Waals surface area contributed by atoms with Gasteiger partial charge in [-0.15, -0.1) is 0 Å². The van der Waals surface area contributed by atoms with Crippen LogP contribution in [0.5, 0.6) is 0 Å². The highest BCUT2D eigenvalue weighted by atomic mass is 19.4. The molecular weight excluding hydrogens is 378 g/mol. The summed E-state index contributed by atoms with van der Waals surface area (Å²) < 4.78 is 55.2. The third-order valence-corrected chi connectivity index (χ3v) is 4.74. The quantitative estimate of drug-likeness (QED) is 0.617. The van der Waals surface area contributed by atoms with E-state index in [1.807, 2.05) is 0 Å². The Hall–Kier alpha value is -3.10. The van der Waals surface area contributed by atoms with E-state index in [1.165, 1.54) is 11.8 Å². The van der Waals surface area contributed by atoms with Gasteiger partial charge in [-0.2, -0.15) is 13.2 Å². The Morgan fingerprint density at radius 3 is 2.64 bits per heavy atom. The van der Waals surface area contributed by atoms with Crippen LogP contribution in [-0.4, -0.2) is 34.8 Å². The second-order valence-electron chi connectivity index (χ2n) is 6.56. The number of aromatic amines is 1. The SMILES string of the molecule is C=CC(=O)N1CC=C(c2c(F)cc(CC(N)=O)c3[nH]c(C(F)(F)F)c(C)c23)C1. The molecular formula is C19H17F4N3O2. The molecule has 2 amide bonds. The molecule has 0 unspecified atom stereocenters. The average molecular weight is 395 g/mol. The molecule has 0 bridgehead atoms. The first kappa shape index (κ1) is 19.7. The Morgan fingerprint density at radius 1 is 1.39 bits per heavy atom. The van der Waals surface area contributed by atoms with Gasteiger partial charge in [0.05, 0.1) is 11.9 Å². The standard InChI is InChI=1S/C19H17F4N3O2/c1-3-14(28)26-5-4-10(8-26)16-12(20)6-11(7-13(24)27)17-15(16)9(2)18(25-17)19(21,22)23/h3-4,6,25H,1,5,7-8H2,2H3,(H2,24,27). The molecule has 1 aliphatic rings. The van der Waals surface area contributed by atoms with Crippen molar-refractivity contribution in [2.24, 2.45) is 5.73 Å². The summed E-state index contributed by atoms with van der Waals surface area (Å²) in [5.74, 6) is -1.94. The topological polar surface area (TPSA) is 79.2 Å². The molecule has 3 N–H and O–H groups in total. The number of nitrogens with zero attached hydrogens (tertiary/aromatic N) is 1. The van der Waals surface area contributed by atoms with Crippen LogP contribution in [0.25, 0.3) is 16.5 Å². The zero-order valence-corrected chi connectivity index (χ0v) is 14.9. The van der Waals surface area contributed by atoms with Crippen LogP contribution in [0.3, 0.4) is 0 Å². The molecule has 1 aliphatic heterocycles. The lowest BCUT2D eigenvalue weighted by molar-refractivity contribution is -0.141. The zero-order chi connectivity index (χ0) is 20.8. The van der Waals surface area contributed by atoms with Gasteiger partial charge in [0.1, 0.15) is 11.5 Å². The van der Waals surface area contributed by atoms with Crippen LogP contribution in [0.4, 0.5) is 17.6 Å². The van der Waals surface area contributed by atoms with Crippen LogP contribution in [0.2, 0.25) is 0 Å². The van der Waals surface area contributed by atoms with E-state index in [0.717, 1.165) is 12.1 Å². The van der Waals surface area contributed by atoms with Crippen molar-refractivity contribution in [1.29, 1.82) is 0 Å². The molecule has 1 aromatic heterocycles. The number of aromatic nitrogens is 1. The van der Waals surface area contributed by atoms with Gasteiger partial charge in [0.2, 0.25) is 11.8 Å². The van der Waals surface area contributed by atoms with E-state index >= 15 is 0 Å². The lowest BCUT2D eigenvalue weighted by Crippen LogP contribution is -2.26. The third kappa shape index (κ3) is 3.28. The van der Waals surface area contributed by atoms with Crippen molar-refractivity contribution < 1.29 is 27.2 Å². The minimum Gasteiger partial charge on any atom is -0.369 e. The van der Waals surface area contributed by atoms with Crippen LogP contribution in [0, 0.1) is 12.7 Å². The first-order valence-corrected chi connectivity index (χ1v) is 8.34. The summed E-state index contributed by atoms with van der Waals surface area (Å²) in [6.45, 7) is 4.86. The lowest BCUT2D eigenvalue weighted by atomic mass is 9.95. The highest BCUT2D eigenvalue weighted by Gasteiger charge is 2.37. The summed E-state index contributed by atoms with van der Waals surface area (Å²) >= 11 is 0. The summed E-state index contributed by atoms with van der Waals surface area (Å²) in [5, 5.41) is 0.0303. The maximum absolute atomic E-state index is 15.0. The molecule has 0 fully saturated rings. The molecule has 2 aromatic rings. The molecule has 2 heterocycles. The number of halogens is 4. The van der Waals surface area contributed by atoms with Gasteiger partial charge in [-0.3, -0.25) is 9.59 Å². The van der Waals surface area contributed by atoms with Gasteiger partial charge in [-0.05, 0) is 35.8 Å². The predicted octanol–water partition coefficient (Wildman–Crippen LogP) is 3.07. The summed E-state index contributed by atoms with van der Waals surface area (Å²) in [4.78, 5) is 26.8. The van der Waals surface area contributed by atoms with Crippen LogP contribution in [-0.2, 0) is 22.2 Å². The minimum absolute atomic E-state index is 0.00872. The number of H-pyrrole nitrogens is 1. The van der Waals surface area contributed by atoms with E-state index in [9.17, 15) is 27.2 Å². The number of alkyl halides is 3. The number of nitrogens with one attached hydrogen (secondary N) is 1. The fourth-order valence-corrected chi connectivity index (χ4v) is 3.52. The van der Waals surface area contributed by atoms with Crippen LogP contribution in [0.15, 0.2) is 24.8 Å². The number of fused-ring (bicyclic) bond motifs is 1. The fourth-order valence-electron chi connectivity index (χ4n) is 3.52. The smallest absolute Gasteiger partial charge is 0.369 e. The highest BCUT2D eigenvalue weighted by Crippen LogP contribution is 2.41. The molecule has 28 heavy (non-hydrogen) atoms. The molecule has 1 aromatic carbocycles. The molecule has 9 heteroatoms. The monoisotopic (exact) mass is 395 g/mol. The predicted molar refractivity (Wildman–Crippen MR) is 95.6 cm³/mol. The van der Waals surface area contributed by atoms with Gasteiger partial charge >= 0.3 is 6.18 Å². The average Bonchev–Trinajstić information content (AvgIpc) is 3.19. The van der Waals surface area contributed by atoms with Crippen LogP contribution in [0.1, 0.15) is 22.4 Å².